The summed E-state index contributed by atoms with van der Waals surface area (Å²) in [6.07, 6.45) is -4.39. The van der Waals surface area contributed by atoms with Crippen LogP contribution in [0.3, 0.4) is 0 Å². The van der Waals surface area contributed by atoms with E-state index in [-0.39, 0.29) is 48.8 Å². The molecule has 8 heteroatoms. The predicted octanol–water partition coefficient (Wildman–Crippen LogP) is 4.44. The van der Waals surface area contributed by atoms with Gasteiger partial charge in [-0.2, -0.15) is 13.2 Å². The third-order valence-electron chi connectivity index (χ3n) is 3.09. The minimum atomic E-state index is -4.39. The maximum atomic E-state index is 12.6. The first-order valence-electron chi connectivity index (χ1n) is 7.28. The van der Waals surface area contributed by atoms with Gasteiger partial charge in [-0.3, -0.25) is 0 Å². The van der Waals surface area contributed by atoms with Gasteiger partial charge in [0.15, 0.2) is 5.96 Å². The number of benzene rings is 2. The summed E-state index contributed by atoms with van der Waals surface area (Å²) < 4.78 is 43.1. The van der Waals surface area contributed by atoms with Crippen LogP contribution in [-0.2, 0) is 6.18 Å². The highest BCUT2D eigenvalue weighted by atomic mass is 127. The van der Waals surface area contributed by atoms with E-state index >= 15 is 0 Å². The number of anilines is 1. The zero-order valence-electron chi connectivity index (χ0n) is 13.5. The second kappa shape index (κ2) is 9.50. The molecular weight excluding hydrogens is 446 g/mol. The zero-order chi connectivity index (χ0) is 17.6. The number of nitrogens with one attached hydrogen (secondary N) is 1. The molecule has 4 nitrogen and oxygen atoms in total. The van der Waals surface area contributed by atoms with Crippen LogP contribution in [-0.4, -0.2) is 19.1 Å². The molecule has 0 aliphatic carbocycles. The second-order valence-electron chi connectivity index (χ2n) is 5.14. The van der Waals surface area contributed by atoms with E-state index in [0.29, 0.717) is 0 Å². The van der Waals surface area contributed by atoms with Crippen LogP contribution >= 0.6 is 24.0 Å². The van der Waals surface area contributed by atoms with Gasteiger partial charge in [-0.1, -0.05) is 18.2 Å². The molecule has 0 atom stereocenters. The lowest BCUT2D eigenvalue weighted by molar-refractivity contribution is -0.137. The van der Waals surface area contributed by atoms with E-state index in [4.69, 9.17) is 10.5 Å². The van der Waals surface area contributed by atoms with Crippen LogP contribution in [0, 0.1) is 6.92 Å². The van der Waals surface area contributed by atoms with Crippen molar-refractivity contribution in [2.45, 2.75) is 13.1 Å². The number of nitrogens with two attached hydrogens (primary N) is 1. The number of hydrogen-bond donors (Lipinski definition) is 2. The number of hydrogen-bond acceptors (Lipinski definition) is 2. The van der Waals surface area contributed by atoms with Gasteiger partial charge in [0.1, 0.15) is 12.4 Å². The first-order chi connectivity index (χ1) is 11.3. The Morgan fingerprint density at radius 3 is 2.56 bits per heavy atom. The lowest BCUT2D eigenvalue weighted by atomic mass is 10.2. The van der Waals surface area contributed by atoms with Crippen molar-refractivity contribution in [1.29, 1.82) is 0 Å². The predicted molar refractivity (Wildman–Crippen MR) is 104 cm³/mol. The topological polar surface area (TPSA) is 59.6 Å². The fraction of sp³-hybridized carbons (Fsp3) is 0.235. The van der Waals surface area contributed by atoms with Crippen LogP contribution in [0.5, 0.6) is 5.75 Å². The van der Waals surface area contributed by atoms with Crippen molar-refractivity contribution >= 4 is 35.6 Å². The van der Waals surface area contributed by atoms with Crippen molar-refractivity contribution in [2.75, 3.05) is 18.5 Å². The Morgan fingerprint density at radius 1 is 1.16 bits per heavy atom. The van der Waals surface area contributed by atoms with E-state index in [2.05, 4.69) is 10.3 Å². The molecule has 0 radical (unpaired) electrons. The van der Waals surface area contributed by atoms with E-state index < -0.39 is 11.7 Å². The smallest absolute Gasteiger partial charge is 0.416 e. The molecule has 2 aromatic carbocycles. The van der Waals surface area contributed by atoms with E-state index in [1.54, 1.807) is 0 Å². The van der Waals surface area contributed by atoms with Gasteiger partial charge in [0.05, 0.1) is 12.1 Å². The Labute approximate surface area is 161 Å². The average Bonchev–Trinajstić information content (AvgIpc) is 2.51. The number of alkyl halides is 3. The van der Waals surface area contributed by atoms with Gasteiger partial charge in [0, 0.05) is 5.69 Å². The summed E-state index contributed by atoms with van der Waals surface area (Å²) in [5.74, 6) is 0.360. The first-order valence-corrected chi connectivity index (χ1v) is 7.28. The maximum Gasteiger partial charge on any atom is 0.416 e. The molecule has 136 valence electrons. The molecule has 0 fully saturated rings. The molecule has 0 saturated carbocycles. The lowest BCUT2D eigenvalue weighted by Crippen LogP contribution is -2.23. The Kier molecular flexibility index (Phi) is 8.01. The Balaban J connectivity index is 0.00000312. The van der Waals surface area contributed by atoms with Crippen LogP contribution in [0.2, 0.25) is 0 Å². The van der Waals surface area contributed by atoms with Crippen LogP contribution in [0.25, 0.3) is 0 Å². The van der Waals surface area contributed by atoms with Gasteiger partial charge >= 0.3 is 6.18 Å². The fourth-order valence-corrected chi connectivity index (χ4v) is 2.00. The van der Waals surface area contributed by atoms with Gasteiger partial charge < -0.3 is 15.8 Å². The van der Waals surface area contributed by atoms with E-state index in [1.807, 2.05) is 31.2 Å². The zero-order valence-corrected chi connectivity index (χ0v) is 15.8. The minimum Gasteiger partial charge on any atom is -0.492 e. The third kappa shape index (κ3) is 7.20. The molecular formula is C17H19F3IN3O. The molecule has 0 aliphatic rings. The van der Waals surface area contributed by atoms with Crippen LogP contribution in [0.15, 0.2) is 53.5 Å². The maximum absolute atomic E-state index is 12.6. The number of nitrogens with zero attached hydrogens (tertiary/aromatic N) is 1. The SMILES string of the molecule is Cc1cccc(NC(N)=NCCOc2cccc(C(F)(F)F)c2)c1.I. The first kappa shape index (κ1) is 21.1. The normalized spacial score (nSPS) is 11.6. The summed E-state index contributed by atoms with van der Waals surface area (Å²) in [6, 6.07) is 12.3. The van der Waals surface area contributed by atoms with Crippen molar-refractivity contribution in [2.24, 2.45) is 10.7 Å². The number of aliphatic imine (C=N–C) groups is 1. The molecule has 25 heavy (non-hydrogen) atoms. The average molecular weight is 465 g/mol. The van der Waals surface area contributed by atoms with Crippen molar-refractivity contribution in [3.63, 3.8) is 0 Å². The molecule has 0 aromatic heterocycles. The summed E-state index contributed by atoms with van der Waals surface area (Å²) in [5, 5.41) is 2.93. The second-order valence-corrected chi connectivity index (χ2v) is 5.14. The Hall–Kier alpha value is -1.97. The lowest BCUT2D eigenvalue weighted by Gasteiger charge is -2.10. The van der Waals surface area contributed by atoms with E-state index in [0.717, 1.165) is 23.4 Å². The summed E-state index contributed by atoms with van der Waals surface area (Å²) in [7, 11) is 0. The van der Waals surface area contributed by atoms with Crippen LogP contribution < -0.4 is 15.8 Å². The van der Waals surface area contributed by atoms with Crippen molar-refractivity contribution in [3.8, 4) is 5.75 Å². The standard InChI is InChI=1S/C17H18F3N3O.HI/c1-12-4-2-6-14(10-12)23-16(21)22-8-9-24-15-7-3-5-13(11-15)17(18,19)20;/h2-7,10-11H,8-9H2,1H3,(H3,21,22,23);1H. The van der Waals surface area contributed by atoms with Gasteiger partial charge in [0.2, 0.25) is 0 Å². The molecule has 0 spiro atoms. The van der Waals surface area contributed by atoms with Gasteiger partial charge in [0.25, 0.3) is 0 Å². The number of guanidine groups is 1. The summed E-state index contributed by atoms with van der Waals surface area (Å²) >= 11 is 0. The minimum absolute atomic E-state index is 0. The molecule has 0 saturated heterocycles. The Morgan fingerprint density at radius 2 is 1.88 bits per heavy atom. The summed E-state index contributed by atoms with van der Waals surface area (Å²) in [5.41, 5.74) is 6.90. The number of aryl methyl sites for hydroxylation is 1. The van der Waals surface area contributed by atoms with Crippen LogP contribution in [0.1, 0.15) is 11.1 Å². The highest BCUT2D eigenvalue weighted by Gasteiger charge is 2.30. The molecule has 3 N–H and O–H groups in total. The van der Waals surface area contributed by atoms with Crippen molar-refractivity contribution < 1.29 is 17.9 Å². The fourth-order valence-electron chi connectivity index (χ4n) is 2.00. The molecule has 0 amide bonds. The van der Waals surface area contributed by atoms with Gasteiger partial charge in [-0.05, 0) is 42.8 Å². The molecule has 2 rings (SSSR count). The van der Waals surface area contributed by atoms with Crippen molar-refractivity contribution in [1.82, 2.24) is 0 Å². The molecule has 0 heterocycles. The summed E-state index contributed by atoms with van der Waals surface area (Å²) in [6.45, 7) is 2.31. The number of ether oxygens (including phenoxy) is 1. The quantitative estimate of drug-likeness (QED) is 0.297. The number of rotatable bonds is 5. The van der Waals surface area contributed by atoms with Crippen LogP contribution in [0.4, 0.5) is 18.9 Å². The monoisotopic (exact) mass is 465 g/mol. The molecule has 0 bridgehead atoms. The highest BCUT2D eigenvalue weighted by Crippen LogP contribution is 2.31. The summed E-state index contributed by atoms with van der Waals surface area (Å²) in [4.78, 5) is 4.07. The van der Waals surface area contributed by atoms with E-state index in [1.165, 1.54) is 12.1 Å². The Bertz CT molecular complexity index is 720. The molecule has 0 unspecified atom stereocenters. The van der Waals surface area contributed by atoms with Crippen molar-refractivity contribution in [3.05, 3.63) is 59.7 Å². The van der Waals surface area contributed by atoms with E-state index in [9.17, 15) is 13.2 Å². The van der Waals surface area contributed by atoms with Gasteiger partial charge in [-0.15, -0.1) is 24.0 Å². The van der Waals surface area contributed by atoms with Gasteiger partial charge in [-0.25, -0.2) is 4.99 Å². The highest BCUT2D eigenvalue weighted by molar-refractivity contribution is 14.0. The number of halogens is 4. The molecule has 2 aromatic rings. The third-order valence-corrected chi connectivity index (χ3v) is 3.09. The largest absolute Gasteiger partial charge is 0.492 e. The molecule has 0 aliphatic heterocycles.